The first-order valence-corrected chi connectivity index (χ1v) is 5.65. The van der Waals surface area contributed by atoms with Gasteiger partial charge in [-0.25, -0.2) is 4.79 Å². The number of benzene rings is 2. The van der Waals surface area contributed by atoms with Crippen LogP contribution in [0.1, 0.15) is 0 Å². The molecule has 0 bridgehead atoms. The van der Waals surface area contributed by atoms with Crippen LogP contribution in [0.15, 0.2) is 62.6 Å². The average molecular weight is 236 g/mol. The molecular weight excluding hydrogens is 228 g/mol. The van der Waals surface area contributed by atoms with Crippen molar-refractivity contribution in [1.29, 1.82) is 0 Å². The van der Waals surface area contributed by atoms with Crippen molar-refractivity contribution in [2.24, 2.45) is 0 Å². The smallest absolute Gasteiger partial charge is 0.336 e. The fourth-order valence-electron chi connectivity index (χ4n) is 2.46. The van der Waals surface area contributed by atoms with E-state index < -0.39 is 0 Å². The molecule has 2 aromatic heterocycles. The Morgan fingerprint density at radius 2 is 1.39 bits per heavy atom. The van der Waals surface area contributed by atoms with Gasteiger partial charge >= 0.3 is 5.63 Å². The van der Waals surface area contributed by atoms with Gasteiger partial charge in [-0.1, -0.05) is 24.3 Å². The molecule has 0 amide bonds. The summed E-state index contributed by atoms with van der Waals surface area (Å²) < 4.78 is 10.6. The zero-order chi connectivity index (χ0) is 12.1. The summed E-state index contributed by atoms with van der Waals surface area (Å²) in [6.07, 6.45) is 3.41. The third kappa shape index (κ3) is 1.10. The van der Waals surface area contributed by atoms with Crippen molar-refractivity contribution in [2.75, 3.05) is 0 Å². The molecule has 0 saturated heterocycles. The molecule has 0 aliphatic carbocycles. The molecule has 0 fully saturated rings. The van der Waals surface area contributed by atoms with E-state index in [4.69, 9.17) is 8.83 Å². The first-order valence-electron chi connectivity index (χ1n) is 5.65. The number of fused-ring (bicyclic) bond motifs is 6. The molecule has 0 unspecified atom stereocenters. The standard InChI is InChI=1S/C15H8O3/c16-14-6-5-11-13-8-17-7-12(13)9-3-1-2-4-10(9)15(11)18-14/h1-8H. The summed E-state index contributed by atoms with van der Waals surface area (Å²) in [6.45, 7) is 0. The van der Waals surface area contributed by atoms with Crippen LogP contribution in [-0.2, 0) is 0 Å². The molecule has 0 aliphatic rings. The quantitative estimate of drug-likeness (QED) is 0.345. The molecule has 4 rings (SSSR count). The Kier molecular flexibility index (Phi) is 1.70. The van der Waals surface area contributed by atoms with Crippen molar-refractivity contribution in [1.82, 2.24) is 0 Å². The van der Waals surface area contributed by atoms with E-state index in [9.17, 15) is 4.79 Å². The number of hydrogen-bond donors (Lipinski definition) is 0. The van der Waals surface area contributed by atoms with Crippen molar-refractivity contribution >= 4 is 32.5 Å². The van der Waals surface area contributed by atoms with Crippen LogP contribution in [0, 0.1) is 0 Å². The molecule has 0 radical (unpaired) electrons. The minimum atomic E-state index is -0.338. The van der Waals surface area contributed by atoms with E-state index in [-0.39, 0.29) is 5.63 Å². The normalized spacial score (nSPS) is 11.6. The van der Waals surface area contributed by atoms with Crippen LogP contribution in [0.25, 0.3) is 32.5 Å². The second-order valence-electron chi connectivity index (χ2n) is 4.24. The van der Waals surface area contributed by atoms with Gasteiger partial charge in [0, 0.05) is 27.6 Å². The van der Waals surface area contributed by atoms with Crippen molar-refractivity contribution in [3.63, 3.8) is 0 Å². The lowest BCUT2D eigenvalue weighted by Crippen LogP contribution is -1.95. The average Bonchev–Trinajstić information content (AvgIpc) is 2.88. The lowest BCUT2D eigenvalue weighted by Gasteiger charge is -2.03. The summed E-state index contributed by atoms with van der Waals surface area (Å²) in [5.41, 5.74) is 0.280. The molecule has 0 N–H and O–H groups in total. The molecule has 0 aliphatic heterocycles. The number of rotatable bonds is 0. The first-order chi connectivity index (χ1) is 8.84. The largest absolute Gasteiger partial charge is 0.471 e. The van der Waals surface area contributed by atoms with Crippen LogP contribution in [0.2, 0.25) is 0 Å². The summed E-state index contributed by atoms with van der Waals surface area (Å²) >= 11 is 0. The molecular formula is C15H8O3. The van der Waals surface area contributed by atoms with Gasteiger partial charge in [0.15, 0.2) is 0 Å². The van der Waals surface area contributed by atoms with E-state index >= 15 is 0 Å². The monoisotopic (exact) mass is 236 g/mol. The Labute approximate surface area is 101 Å². The molecule has 0 atom stereocenters. The van der Waals surface area contributed by atoms with Gasteiger partial charge in [-0.3, -0.25) is 0 Å². The van der Waals surface area contributed by atoms with E-state index in [2.05, 4.69) is 0 Å². The second-order valence-corrected chi connectivity index (χ2v) is 4.24. The lowest BCUT2D eigenvalue weighted by molar-refractivity contribution is 0.564. The van der Waals surface area contributed by atoms with Gasteiger partial charge in [0.1, 0.15) is 5.58 Å². The van der Waals surface area contributed by atoms with E-state index in [1.165, 1.54) is 6.07 Å². The summed E-state index contributed by atoms with van der Waals surface area (Å²) in [4.78, 5) is 11.4. The third-order valence-corrected chi connectivity index (χ3v) is 3.25. The minimum absolute atomic E-state index is 0.338. The van der Waals surface area contributed by atoms with Crippen LogP contribution in [0.5, 0.6) is 0 Å². The first kappa shape index (κ1) is 9.48. The maximum atomic E-state index is 11.4. The highest BCUT2D eigenvalue weighted by Crippen LogP contribution is 2.34. The van der Waals surface area contributed by atoms with Gasteiger partial charge in [-0.2, -0.15) is 0 Å². The number of hydrogen-bond acceptors (Lipinski definition) is 3. The third-order valence-electron chi connectivity index (χ3n) is 3.25. The Balaban J connectivity index is 2.48. The van der Waals surface area contributed by atoms with Gasteiger partial charge in [-0.15, -0.1) is 0 Å². The summed E-state index contributed by atoms with van der Waals surface area (Å²) in [7, 11) is 0. The van der Waals surface area contributed by atoms with Crippen LogP contribution in [-0.4, -0.2) is 0 Å². The van der Waals surface area contributed by atoms with Crippen molar-refractivity contribution in [3.05, 3.63) is 59.3 Å². The number of furan rings is 1. The highest BCUT2D eigenvalue weighted by atomic mass is 16.4. The Morgan fingerprint density at radius 1 is 0.722 bits per heavy atom. The van der Waals surface area contributed by atoms with Crippen molar-refractivity contribution in [3.8, 4) is 0 Å². The molecule has 0 saturated carbocycles. The van der Waals surface area contributed by atoms with Gasteiger partial charge in [0.25, 0.3) is 0 Å². The zero-order valence-corrected chi connectivity index (χ0v) is 9.34. The maximum Gasteiger partial charge on any atom is 0.336 e. The summed E-state index contributed by atoms with van der Waals surface area (Å²) in [6, 6.07) is 11.1. The maximum absolute atomic E-state index is 11.4. The molecule has 3 heteroatoms. The highest BCUT2D eigenvalue weighted by molar-refractivity contribution is 6.23. The summed E-state index contributed by atoms with van der Waals surface area (Å²) in [5.74, 6) is 0. The van der Waals surface area contributed by atoms with Crippen molar-refractivity contribution in [2.45, 2.75) is 0 Å². The molecule has 86 valence electrons. The predicted molar refractivity (Wildman–Crippen MR) is 69.8 cm³/mol. The highest BCUT2D eigenvalue weighted by Gasteiger charge is 2.11. The lowest BCUT2D eigenvalue weighted by atomic mass is 10.0. The minimum Gasteiger partial charge on any atom is -0.471 e. The van der Waals surface area contributed by atoms with Crippen LogP contribution in [0.3, 0.4) is 0 Å². The Bertz CT molecular complexity index is 944. The summed E-state index contributed by atoms with van der Waals surface area (Å²) in [5, 5.41) is 4.86. The van der Waals surface area contributed by atoms with Crippen LogP contribution < -0.4 is 5.63 Å². The van der Waals surface area contributed by atoms with Gasteiger partial charge in [-0.05, 0) is 11.5 Å². The SMILES string of the molecule is O=c1ccc2c3cocc3c3ccccc3c2o1. The Morgan fingerprint density at radius 3 is 2.22 bits per heavy atom. The molecule has 18 heavy (non-hydrogen) atoms. The molecule has 4 aromatic rings. The van der Waals surface area contributed by atoms with Crippen LogP contribution in [0.4, 0.5) is 0 Å². The fourth-order valence-corrected chi connectivity index (χ4v) is 2.46. The zero-order valence-electron chi connectivity index (χ0n) is 9.34. The Hall–Kier alpha value is -2.55. The van der Waals surface area contributed by atoms with Crippen molar-refractivity contribution < 1.29 is 8.83 Å². The van der Waals surface area contributed by atoms with Gasteiger partial charge in [0.05, 0.1) is 12.5 Å². The van der Waals surface area contributed by atoms with E-state index in [1.54, 1.807) is 18.6 Å². The van der Waals surface area contributed by atoms with Gasteiger partial charge in [0.2, 0.25) is 0 Å². The van der Waals surface area contributed by atoms with Crippen LogP contribution >= 0.6 is 0 Å². The second kappa shape index (κ2) is 3.23. The van der Waals surface area contributed by atoms with E-state index in [1.807, 2.05) is 24.3 Å². The van der Waals surface area contributed by atoms with E-state index in [0.717, 1.165) is 26.9 Å². The predicted octanol–water partition coefficient (Wildman–Crippen LogP) is 3.69. The molecule has 2 aromatic carbocycles. The van der Waals surface area contributed by atoms with Gasteiger partial charge < -0.3 is 8.83 Å². The molecule has 3 nitrogen and oxygen atoms in total. The fraction of sp³-hybridized carbons (Fsp3) is 0. The molecule has 2 heterocycles. The molecule has 0 spiro atoms. The topological polar surface area (TPSA) is 43.4 Å². The van der Waals surface area contributed by atoms with E-state index in [0.29, 0.717) is 5.58 Å².